The smallest absolute Gasteiger partial charge is 0.333 e. The molecule has 32 heavy (non-hydrogen) atoms. The predicted molar refractivity (Wildman–Crippen MR) is 135 cm³/mol. The third-order valence-electron chi connectivity index (χ3n) is 5.33. The highest BCUT2D eigenvalue weighted by Gasteiger charge is 2.28. The zero-order valence-electron chi connectivity index (χ0n) is 19.2. The Hall–Kier alpha value is -2.09. The minimum atomic E-state index is -0.406. The monoisotopic (exact) mass is 472 g/mol. The van der Waals surface area contributed by atoms with Crippen LogP contribution < -0.4 is 9.64 Å². The molecule has 2 aromatic carbocycles. The van der Waals surface area contributed by atoms with Gasteiger partial charge in [-0.3, -0.25) is 0 Å². The summed E-state index contributed by atoms with van der Waals surface area (Å²) in [6, 6.07) is 15.3. The first-order valence-electron chi connectivity index (χ1n) is 11.0. The van der Waals surface area contributed by atoms with Crippen LogP contribution in [0.2, 0.25) is 0 Å². The summed E-state index contributed by atoms with van der Waals surface area (Å²) in [5, 5.41) is 0. The number of likely N-dealkylation sites (N-methyl/N-ethyl adjacent to an activating group) is 1. The molecule has 1 aliphatic rings. The van der Waals surface area contributed by atoms with E-state index < -0.39 is 5.97 Å². The number of para-hydroxylation sites is 1. The van der Waals surface area contributed by atoms with E-state index in [1.807, 2.05) is 6.26 Å². The van der Waals surface area contributed by atoms with Gasteiger partial charge in [-0.15, -0.1) is 11.8 Å². The lowest BCUT2D eigenvalue weighted by Gasteiger charge is -2.30. The van der Waals surface area contributed by atoms with Crippen LogP contribution in [0.25, 0.3) is 0 Å². The number of thioether (sulfide) groups is 1. The second-order valence-corrected chi connectivity index (χ2v) is 9.57. The van der Waals surface area contributed by atoms with Gasteiger partial charge in [-0.05, 0) is 62.9 Å². The molecule has 1 atom stereocenters. The number of fused-ring (bicyclic) bond motifs is 1. The van der Waals surface area contributed by atoms with Crippen LogP contribution >= 0.6 is 23.7 Å². The molecule has 3 rings (SSSR count). The molecule has 1 heterocycles. The van der Waals surface area contributed by atoms with Crippen molar-refractivity contribution in [1.82, 2.24) is 4.31 Å². The van der Waals surface area contributed by atoms with E-state index >= 15 is 0 Å². The summed E-state index contributed by atoms with van der Waals surface area (Å²) in [6.45, 7) is 5.30. The number of anilines is 2. The third-order valence-corrected chi connectivity index (χ3v) is 7.20. The molecule has 1 unspecified atom stereocenters. The van der Waals surface area contributed by atoms with Gasteiger partial charge in [0, 0.05) is 18.3 Å². The van der Waals surface area contributed by atoms with Gasteiger partial charge < -0.3 is 14.4 Å². The Bertz CT molecular complexity index is 921. The SMILES string of the molecule is CCCCC1CN(c2ccccc2)c2cc(SC)c(O/C=C/C(=O)OCC)cc2SN1C. The van der Waals surface area contributed by atoms with Crippen LogP contribution in [0, 0.1) is 0 Å². The number of nitrogens with zero attached hydrogens (tertiary/aromatic N) is 2. The molecule has 0 fully saturated rings. The largest absolute Gasteiger partial charge is 0.464 e. The van der Waals surface area contributed by atoms with Crippen molar-refractivity contribution in [2.75, 3.05) is 31.4 Å². The molecule has 1 aliphatic heterocycles. The Kier molecular flexibility index (Phi) is 9.38. The van der Waals surface area contributed by atoms with Gasteiger partial charge in [-0.25, -0.2) is 9.10 Å². The molecule has 0 amide bonds. The van der Waals surface area contributed by atoms with Crippen LogP contribution in [0.15, 0.2) is 64.6 Å². The van der Waals surface area contributed by atoms with Gasteiger partial charge in [-0.1, -0.05) is 38.0 Å². The number of benzene rings is 2. The molecule has 0 saturated carbocycles. The zero-order chi connectivity index (χ0) is 22.9. The fourth-order valence-corrected chi connectivity index (χ4v) is 5.23. The molecule has 0 N–H and O–H groups in total. The Balaban J connectivity index is 1.98. The predicted octanol–water partition coefficient (Wildman–Crippen LogP) is 6.51. The normalized spacial score (nSPS) is 16.6. The van der Waals surface area contributed by atoms with Gasteiger partial charge in [0.2, 0.25) is 0 Å². The molecule has 0 radical (unpaired) electrons. The average Bonchev–Trinajstić information content (AvgIpc) is 2.93. The van der Waals surface area contributed by atoms with E-state index in [0.29, 0.717) is 12.6 Å². The number of hydrogen-bond acceptors (Lipinski definition) is 7. The van der Waals surface area contributed by atoms with Crippen molar-refractivity contribution < 1.29 is 14.3 Å². The van der Waals surface area contributed by atoms with Crippen LogP contribution in [-0.2, 0) is 9.53 Å². The van der Waals surface area contributed by atoms with Gasteiger partial charge in [0.25, 0.3) is 0 Å². The number of carbonyl (C=O) groups excluding carboxylic acids is 1. The van der Waals surface area contributed by atoms with Gasteiger partial charge >= 0.3 is 5.97 Å². The third kappa shape index (κ3) is 6.24. The van der Waals surface area contributed by atoms with Gasteiger partial charge in [0.05, 0.1) is 34.4 Å². The first-order chi connectivity index (χ1) is 15.6. The van der Waals surface area contributed by atoms with Gasteiger partial charge in [-0.2, -0.15) is 0 Å². The summed E-state index contributed by atoms with van der Waals surface area (Å²) in [7, 11) is 2.17. The van der Waals surface area contributed by atoms with Crippen LogP contribution in [0.4, 0.5) is 11.4 Å². The van der Waals surface area contributed by atoms with Gasteiger partial charge in [0.15, 0.2) is 0 Å². The summed E-state index contributed by atoms with van der Waals surface area (Å²) in [6.07, 6.45) is 8.31. The summed E-state index contributed by atoms with van der Waals surface area (Å²) in [5.41, 5.74) is 2.37. The van der Waals surface area contributed by atoms with Crippen molar-refractivity contribution in [2.24, 2.45) is 0 Å². The first-order valence-corrected chi connectivity index (χ1v) is 13.0. The number of esters is 1. The second kappa shape index (κ2) is 12.2. The maximum Gasteiger partial charge on any atom is 0.333 e. The summed E-state index contributed by atoms with van der Waals surface area (Å²) in [4.78, 5) is 16.2. The van der Waals surface area contributed by atoms with Crippen molar-refractivity contribution in [3.05, 3.63) is 54.8 Å². The highest BCUT2D eigenvalue weighted by atomic mass is 32.2. The van der Waals surface area contributed by atoms with E-state index in [1.165, 1.54) is 36.6 Å². The van der Waals surface area contributed by atoms with Crippen molar-refractivity contribution in [3.8, 4) is 5.75 Å². The lowest BCUT2D eigenvalue weighted by atomic mass is 10.1. The molecule has 0 saturated heterocycles. The Morgan fingerprint density at radius 1 is 1.25 bits per heavy atom. The van der Waals surface area contributed by atoms with Crippen molar-refractivity contribution in [1.29, 1.82) is 0 Å². The van der Waals surface area contributed by atoms with E-state index in [2.05, 4.69) is 65.6 Å². The van der Waals surface area contributed by atoms with E-state index in [4.69, 9.17) is 9.47 Å². The number of ether oxygens (including phenoxy) is 2. The Morgan fingerprint density at radius 3 is 2.72 bits per heavy atom. The minimum absolute atomic E-state index is 0.343. The van der Waals surface area contributed by atoms with E-state index in [-0.39, 0.29) is 0 Å². The fraction of sp³-hybridized carbons (Fsp3) is 0.400. The zero-order valence-corrected chi connectivity index (χ0v) is 20.9. The summed E-state index contributed by atoms with van der Waals surface area (Å²) >= 11 is 3.39. The van der Waals surface area contributed by atoms with Crippen molar-refractivity contribution >= 4 is 41.1 Å². The lowest BCUT2D eigenvalue weighted by molar-refractivity contribution is -0.137. The molecule has 172 valence electrons. The lowest BCUT2D eigenvalue weighted by Crippen LogP contribution is -2.35. The first kappa shape index (κ1) is 24.6. The van der Waals surface area contributed by atoms with Crippen LogP contribution in [0.5, 0.6) is 5.75 Å². The van der Waals surface area contributed by atoms with Crippen LogP contribution in [-0.4, -0.2) is 42.8 Å². The maximum atomic E-state index is 11.6. The molecule has 2 aromatic rings. The fourth-order valence-electron chi connectivity index (χ4n) is 3.64. The van der Waals surface area contributed by atoms with Crippen molar-refractivity contribution in [3.63, 3.8) is 0 Å². The number of carbonyl (C=O) groups is 1. The molecular formula is C25H32N2O3S2. The molecular weight excluding hydrogens is 440 g/mol. The molecule has 0 spiro atoms. The quantitative estimate of drug-likeness (QED) is 0.135. The van der Waals surface area contributed by atoms with E-state index in [1.54, 1.807) is 30.6 Å². The van der Waals surface area contributed by atoms with E-state index in [9.17, 15) is 4.79 Å². The second-order valence-electron chi connectivity index (χ2n) is 7.52. The van der Waals surface area contributed by atoms with E-state index in [0.717, 1.165) is 28.5 Å². The van der Waals surface area contributed by atoms with Crippen LogP contribution in [0.3, 0.4) is 0 Å². The topological polar surface area (TPSA) is 42.0 Å². The van der Waals surface area contributed by atoms with Crippen molar-refractivity contribution in [2.45, 2.75) is 48.9 Å². The molecule has 5 nitrogen and oxygen atoms in total. The molecule has 0 aliphatic carbocycles. The summed E-state index contributed by atoms with van der Waals surface area (Å²) in [5.74, 6) is 0.328. The Labute approximate surface area is 200 Å². The standard InChI is InChI=1S/C25H32N2O3S2/c1-5-7-11-20-18-27(19-12-9-8-10-13-19)21-16-24(31-4)22(17-23(21)32-26(20)3)30-15-14-25(28)29-6-2/h8-10,12-17,20H,5-7,11,18H2,1-4H3/b15-14+. The average molecular weight is 473 g/mol. The summed E-state index contributed by atoms with van der Waals surface area (Å²) < 4.78 is 13.2. The number of hydrogen-bond donors (Lipinski definition) is 0. The number of unbranched alkanes of at least 4 members (excludes halogenated alkanes) is 1. The maximum absolute atomic E-state index is 11.6. The Morgan fingerprint density at radius 2 is 2.03 bits per heavy atom. The van der Waals surface area contributed by atoms with Gasteiger partial charge in [0.1, 0.15) is 5.75 Å². The molecule has 0 aromatic heterocycles. The highest BCUT2D eigenvalue weighted by molar-refractivity contribution is 7.98. The van der Waals surface area contributed by atoms with Crippen LogP contribution in [0.1, 0.15) is 33.1 Å². The highest BCUT2D eigenvalue weighted by Crippen LogP contribution is 2.45. The molecule has 0 bridgehead atoms. The molecule has 7 heteroatoms. The minimum Gasteiger partial charge on any atom is -0.464 e. The number of rotatable bonds is 9.